The van der Waals surface area contributed by atoms with Gasteiger partial charge in [0.1, 0.15) is 4.70 Å². The summed E-state index contributed by atoms with van der Waals surface area (Å²) in [6.45, 7) is 2.67. The van der Waals surface area contributed by atoms with E-state index in [1.165, 1.54) is 33.2 Å². The summed E-state index contributed by atoms with van der Waals surface area (Å²) >= 11 is 4.34. The van der Waals surface area contributed by atoms with Crippen molar-refractivity contribution >= 4 is 56.2 Å². The predicted molar refractivity (Wildman–Crippen MR) is 124 cm³/mol. The van der Waals surface area contributed by atoms with Crippen LogP contribution in [0.2, 0.25) is 0 Å². The zero-order chi connectivity index (χ0) is 20.8. The molecule has 1 amide bonds. The zero-order valence-electron chi connectivity index (χ0n) is 16.4. The van der Waals surface area contributed by atoms with Crippen LogP contribution in [-0.2, 0) is 18.3 Å². The maximum absolute atomic E-state index is 12.9. The van der Waals surface area contributed by atoms with E-state index in [2.05, 4.69) is 21.4 Å². The molecule has 3 aromatic heterocycles. The maximum atomic E-state index is 12.9. The number of thiazole rings is 1. The lowest BCUT2D eigenvalue weighted by atomic mass is 10.1. The first-order chi connectivity index (χ1) is 14.5. The van der Waals surface area contributed by atoms with Gasteiger partial charge in [0.2, 0.25) is 5.91 Å². The SMILES string of the molecule is Cc1nc(-c2ccc3c(c2)CCN3C(=O)CSc2nc3ccsc3c(=O)n2C)cs1. The summed E-state index contributed by atoms with van der Waals surface area (Å²) in [5.74, 6) is 0.262. The second kappa shape index (κ2) is 7.64. The number of carbonyl (C=O) groups excluding carboxylic acids is 1. The minimum atomic E-state index is -0.0683. The van der Waals surface area contributed by atoms with Gasteiger partial charge in [-0.2, -0.15) is 0 Å². The number of nitrogens with zero attached hydrogens (tertiary/aromatic N) is 4. The highest BCUT2D eigenvalue weighted by Crippen LogP contribution is 2.33. The quantitative estimate of drug-likeness (QED) is 0.343. The molecule has 6 nitrogen and oxygen atoms in total. The Balaban J connectivity index is 1.34. The number of rotatable bonds is 4. The number of carbonyl (C=O) groups is 1. The van der Waals surface area contributed by atoms with Crippen molar-refractivity contribution in [3.63, 3.8) is 0 Å². The van der Waals surface area contributed by atoms with Crippen molar-refractivity contribution in [3.05, 3.63) is 56.0 Å². The molecule has 1 aromatic carbocycles. The molecule has 0 saturated carbocycles. The fourth-order valence-electron chi connectivity index (χ4n) is 3.62. The molecule has 5 rings (SSSR count). The molecule has 152 valence electrons. The van der Waals surface area contributed by atoms with E-state index in [1.807, 2.05) is 35.4 Å². The molecule has 0 unspecified atom stereocenters. The molecule has 0 bridgehead atoms. The minimum absolute atomic E-state index is 0.0238. The molecule has 0 spiro atoms. The van der Waals surface area contributed by atoms with Gasteiger partial charge in [-0.15, -0.1) is 22.7 Å². The summed E-state index contributed by atoms with van der Waals surface area (Å²) in [5, 5.41) is 5.53. The number of hydrogen-bond acceptors (Lipinski definition) is 7. The topological polar surface area (TPSA) is 68.1 Å². The number of anilines is 1. The van der Waals surface area contributed by atoms with Crippen LogP contribution in [0.5, 0.6) is 0 Å². The van der Waals surface area contributed by atoms with Crippen LogP contribution in [0.15, 0.2) is 45.0 Å². The zero-order valence-corrected chi connectivity index (χ0v) is 18.9. The number of aryl methyl sites for hydroxylation is 1. The van der Waals surface area contributed by atoms with Gasteiger partial charge in [0.05, 0.1) is 22.0 Å². The van der Waals surface area contributed by atoms with Gasteiger partial charge in [-0.3, -0.25) is 14.2 Å². The van der Waals surface area contributed by atoms with Crippen molar-refractivity contribution in [2.75, 3.05) is 17.2 Å². The lowest BCUT2D eigenvalue weighted by Crippen LogP contribution is -2.30. The number of aromatic nitrogens is 3. The van der Waals surface area contributed by atoms with Gasteiger partial charge < -0.3 is 4.90 Å². The van der Waals surface area contributed by atoms with E-state index < -0.39 is 0 Å². The molecule has 0 aliphatic carbocycles. The van der Waals surface area contributed by atoms with E-state index in [0.29, 0.717) is 21.9 Å². The van der Waals surface area contributed by atoms with Crippen LogP contribution in [0.4, 0.5) is 5.69 Å². The summed E-state index contributed by atoms with van der Waals surface area (Å²) in [6, 6.07) is 8.02. The Morgan fingerprint density at radius 1 is 1.23 bits per heavy atom. The van der Waals surface area contributed by atoms with Gasteiger partial charge in [0.25, 0.3) is 5.56 Å². The Morgan fingerprint density at radius 2 is 2.10 bits per heavy atom. The number of hydrogen-bond donors (Lipinski definition) is 0. The van der Waals surface area contributed by atoms with Gasteiger partial charge in [0.15, 0.2) is 5.16 Å². The Labute approximate surface area is 185 Å². The second-order valence-electron chi connectivity index (χ2n) is 7.07. The van der Waals surface area contributed by atoms with Crippen LogP contribution >= 0.6 is 34.4 Å². The molecule has 4 aromatic rings. The first kappa shape index (κ1) is 19.5. The standard InChI is InChI=1S/C21H18N4O2S3/c1-12-22-16(10-29-12)13-3-4-17-14(9-13)5-7-25(17)18(26)11-30-21-23-15-6-8-28-19(15)20(27)24(21)2/h3-4,6,8-10H,5,7,11H2,1-2H3. The summed E-state index contributed by atoms with van der Waals surface area (Å²) in [7, 11) is 1.70. The van der Waals surface area contributed by atoms with Crippen LogP contribution in [0.3, 0.4) is 0 Å². The van der Waals surface area contributed by atoms with Crippen LogP contribution < -0.4 is 10.5 Å². The third-order valence-electron chi connectivity index (χ3n) is 5.16. The highest BCUT2D eigenvalue weighted by atomic mass is 32.2. The molecule has 30 heavy (non-hydrogen) atoms. The van der Waals surface area contributed by atoms with Crippen LogP contribution in [0.25, 0.3) is 21.5 Å². The Hall–Kier alpha value is -2.49. The third kappa shape index (κ3) is 3.36. The van der Waals surface area contributed by atoms with E-state index in [4.69, 9.17) is 0 Å². The predicted octanol–water partition coefficient (Wildman–Crippen LogP) is 4.11. The van der Waals surface area contributed by atoms with E-state index in [-0.39, 0.29) is 17.2 Å². The summed E-state index contributed by atoms with van der Waals surface area (Å²) in [6.07, 6.45) is 0.834. The number of benzene rings is 1. The average Bonchev–Trinajstić information content (AvgIpc) is 3.48. The van der Waals surface area contributed by atoms with Crippen molar-refractivity contribution in [1.29, 1.82) is 0 Å². The molecule has 0 fully saturated rings. The van der Waals surface area contributed by atoms with Crippen molar-refractivity contribution < 1.29 is 4.79 Å². The second-order valence-corrected chi connectivity index (χ2v) is 9.99. The van der Waals surface area contributed by atoms with Gasteiger partial charge in [-0.25, -0.2) is 9.97 Å². The molecular weight excluding hydrogens is 436 g/mol. The summed E-state index contributed by atoms with van der Waals surface area (Å²) < 4.78 is 2.17. The highest BCUT2D eigenvalue weighted by molar-refractivity contribution is 7.99. The first-order valence-electron chi connectivity index (χ1n) is 9.44. The molecule has 1 aliphatic heterocycles. The molecule has 0 saturated heterocycles. The van der Waals surface area contributed by atoms with E-state index in [9.17, 15) is 9.59 Å². The third-order valence-corrected chi connectivity index (χ3v) is 7.84. The van der Waals surface area contributed by atoms with Gasteiger partial charge >= 0.3 is 0 Å². The van der Waals surface area contributed by atoms with Crippen LogP contribution in [0, 0.1) is 6.92 Å². The van der Waals surface area contributed by atoms with Crippen molar-refractivity contribution in [2.45, 2.75) is 18.5 Å². The van der Waals surface area contributed by atoms with Crippen LogP contribution in [0.1, 0.15) is 10.6 Å². The van der Waals surface area contributed by atoms with Gasteiger partial charge in [0, 0.05) is 30.2 Å². The normalized spacial score (nSPS) is 13.2. The fourth-order valence-corrected chi connectivity index (χ4v) is 5.89. The summed E-state index contributed by atoms with van der Waals surface area (Å²) in [5.41, 5.74) is 4.82. The fraction of sp³-hybridized carbons (Fsp3) is 0.238. The van der Waals surface area contributed by atoms with Crippen LogP contribution in [-0.4, -0.2) is 32.7 Å². The van der Waals surface area contributed by atoms with Gasteiger partial charge in [-0.05, 0) is 42.5 Å². The van der Waals surface area contributed by atoms with Gasteiger partial charge in [-0.1, -0.05) is 17.8 Å². The number of thiophene rings is 1. The van der Waals surface area contributed by atoms with Crippen molar-refractivity contribution in [1.82, 2.24) is 14.5 Å². The molecule has 0 atom stereocenters. The Kier molecular flexibility index (Phi) is 4.96. The smallest absolute Gasteiger partial charge is 0.271 e. The lowest BCUT2D eigenvalue weighted by Gasteiger charge is -2.17. The Morgan fingerprint density at radius 3 is 2.90 bits per heavy atom. The number of amides is 1. The lowest BCUT2D eigenvalue weighted by molar-refractivity contribution is -0.116. The minimum Gasteiger partial charge on any atom is -0.311 e. The maximum Gasteiger partial charge on any atom is 0.271 e. The molecule has 4 heterocycles. The number of fused-ring (bicyclic) bond motifs is 2. The first-order valence-corrected chi connectivity index (χ1v) is 12.2. The molecule has 0 radical (unpaired) electrons. The van der Waals surface area contributed by atoms with E-state index in [0.717, 1.165) is 28.4 Å². The van der Waals surface area contributed by atoms with E-state index >= 15 is 0 Å². The van der Waals surface area contributed by atoms with Crippen molar-refractivity contribution in [3.8, 4) is 11.3 Å². The number of thioether (sulfide) groups is 1. The summed E-state index contributed by atoms with van der Waals surface area (Å²) in [4.78, 5) is 36.3. The molecule has 0 N–H and O–H groups in total. The molecule has 9 heteroatoms. The molecular formula is C21H18N4O2S3. The molecule has 1 aliphatic rings. The largest absolute Gasteiger partial charge is 0.311 e. The Bertz CT molecular complexity index is 1340. The average molecular weight is 455 g/mol. The van der Waals surface area contributed by atoms with E-state index in [1.54, 1.807) is 18.4 Å². The monoisotopic (exact) mass is 454 g/mol. The highest BCUT2D eigenvalue weighted by Gasteiger charge is 2.25. The van der Waals surface area contributed by atoms with Crippen molar-refractivity contribution in [2.24, 2.45) is 7.05 Å².